The molecule has 2 heterocycles. The Balaban J connectivity index is 0.00000300. The SMILES string of the molecule is CCNC(=NCc1nc(-c2ccccc2)cs1)NCCCn1nc(C)cc1C.I. The second kappa shape index (κ2) is 11.9. The Hall–Kier alpha value is -1.94. The van der Waals surface area contributed by atoms with Gasteiger partial charge in [-0.15, -0.1) is 35.3 Å². The summed E-state index contributed by atoms with van der Waals surface area (Å²) in [6.45, 7) is 9.34. The maximum absolute atomic E-state index is 4.71. The van der Waals surface area contributed by atoms with Crippen molar-refractivity contribution < 1.29 is 0 Å². The second-order valence-corrected chi connectivity index (χ2v) is 7.56. The summed E-state index contributed by atoms with van der Waals surface area (Å²) < 4.78 is 2.06. The normalized spacial score (nSPS) is 11.2. The third-order valence-corrected chi connectivity index (χ3v) is 5.11. The lowest BCUT2D eigenvalue weighted by Crippen LogP contribution is -2.38. The molecule has 0 radical (unpaired) electrons. The second-order valence-electron chi connectivity index (χ2n) is 6.62. The van der Waals surface area contributed by atoms with E-state index in [2.05, 4.69) is 62.8 Å². The molecule has 3 aromatic rings. The van der Waals surface area contributed by atoms with Gasteiger partial charge < -0.3 is 10.6 Å². The van der Waals surface area contributed by atoms with E-state index in [1.54, 1.807) is 11.3 Å². The summed E-state index contributed by atoms with van der Waals surface area (Å²) in [5.41, 5.74) is 4.43. The first-order chi connectivity index (χ1) is 13.7. The van der Waals surface area contributed by atoms with Crippen molar-refractivity contribution in [2.75, 3.05) is 13.1 Å². The molecule has 3 rings (SSSR count). The number of thiazole rings is 1. The van der Waals surface area contributed by atoms with Crippen LogP contribution in [0, 0.1) is 13.8 Å². The Morgan fingerprint density at radius 1 is 1.17 bits per heavy atom. The van der Waals surface area contributed by atoms with Crippen LogP contribution in [0.4, 0.5) is 0 Å². The smallest absolute Gasteiger partial charge is 0.191 e. The predicted octanol–water partition coefficient (Wildman–Crippen LogP) is 4.39. The molecule has 0 amide bonds. The van der Waals surface area contributed by atoms with Crippen molar-refractivity contribution in [2.45, 2.75) is 40.3 Å². The Morgan fingerprint density at radius 2 is 1.97 bits per heavy atom. The zero-order valence-electron chi connectivity index (χ0n) is 17.2. The van der Waals surface area contributed by atoms with Gasteiger partial charge in [-0.1, -0.05) is 30.3 Å². The number of hydrogen-bond donors (Lipinski definition) is 2. The fourth-order valence-electron chi connectivity index (χ4n) is 2.95. The molecule has 2 aromatic heterocycles. The van der Waals surface area contributed by atoms with Gasteiger partial charge in [-0.2, -0.15) is 5.10 Å². The van der Waals surface area contributed by atoms with Crippen molar-refractivity contribution in [1.29, 1.82) is 0 Å². The fourth-order valence-corrected chi connectivity index (χ4v) is 3.68. The number of nitrogens with one attached hydrogen (secondary N) is 2. The summed E-state index contributed by atoms with van der Waals surface area (Å²) in [6.07, 6.45) is 0.988. The van der Waals surface area contributed by atoms with Crippen molar-refractivity contribution in [3.63, 3.8) is 0 Å². The molecule has 0 unspecified atom stereocenters. The van der Waals surface area contributed by atoms with Gasteiger partial charge in [0.15, 0.2) is 5.96 Å². The van der Waals surface area contributed by atoms with E-state index >= 15 is 0 Å². The van der Waals surface area contributed by atoms with E-state index in [-0.39, 0.29) is 24.0 Å². The molecular formula is C21H29IN6S. The first-order valence-corrected chi connectivity index (χ1v) is 10.6. The van der Waals surface area contributed by atoms with E-state index in [4.69, 9.17) is 4.98 Å². The van der Waals surface area contributed by atoms with Gasteiger partial charge in [0, 0.05) is 36.3 Å². The molecule has 156 valence electrons. The predicted molar refractivity (Wildman–Crippen MR) is 132 cm³/mol. The lowest BCUT2D eigenvalue weighted by Gasteiger charge is -2.11. The number of rotatable bonds is 8. The van der Waals surface area contributed by atoms with Crippen LogP contribution in [0.3, 0.4) is 0 Å². The quantitative estimate of drug-likeness (QED) is 0.199. The average molecular weight is 524 g/mol. The number of halogens is 1. The summed E-state index contributed by atoms with van der Waals surface area (Å²) in [7, 11) is 0. The zero-order valence-corrected chi connectivity index (χ0v) is 20.3. The van der Waals surface area contributed by atoms with Crippen molar-refractivity contribution in [2.24, 2.45) is 4.99 Å². The van der Waals surface area contributed by atoms with Crippen molar-refractivity contribution in [3.05, 3.63) is 58.2 Å². The summed E-state index contributed by atoms with van der Waals surface area (Å²) in [5, 5.41) is 14.3. The molecule has 0 spiro atoms. The minimum Gasteiger partial charge on any atom is -0.357 e. The summed E-state index contributed by atoms with van der Waals surface area (Å²) in [5.74, 6) is 0.826. The van der Waals surface area contributed by atoms with Crippen LogP contribution in [-0.2, 0) is 13.1 Å². The van der Waals surface area contributed by atoms with Crippen LogP contribution < -0.4 is 10.6 Å². The molecule has 0 atom stereocenters. The Morgan fingerprint density at radius 3 is 2.66 bits per heavy atom. The number of hydrogen-bond acceptors (Lipinski definition) is 4. The third-order valence-electron chi connectivity index (χ3n) is 4.28. The first kappa shape index (κ1) is 23.3. The molecule has 6 nitrogen and oxygen atoms in total. The van der Waals surface area contributed by atoms with Gasteiger partial charge in [0.2, 0.25) is 0 Å². The van der Waals surface area contributed by atoms with E-state index in [1.165, 1.54) is 5.69 Å². The highest BCUT2D eigenvalue weighted by Gasteiger charge is 2.05. The van der Waals surface area contributed by atoms with Crippen molar-refractivity contribution >= 4 is 41.3 Å². The number of nitrogens with zero attached hydrogens (tertiary/aromatic N) is 4. The van der Waals surface area contributed by atoms with Crippen LogP contribution in [0.5, 0.6) is 0 Å². The molecule has 0 aliphatic rings. The van der Waals surface area contributed by atoms with Gasteiger partial charge >= 0.3 is 0 Å². The highest BCUT2D eigenvalue weighted by atomic mass is 127. The topological polar surface area (TPSA) is 67.1 Å². The number of aryl methyl sites for hydroxylation is 3. The largest absolute Gasteiger partial charge is 0.357 e. The Kier molecular flexibility index (Phi) is 9.59. The summed E-state index contributed by atoms with van der Waals surface area (Å²) >= 11 is 1.65. The monoisotopic (exact) mass is 524 g/mol. The molecule has 1 aromatic carbocycles. The van der Waals surface area contributed by atoms with Gasteiger partial charge in [-0.05, 0) is 33.3 Å². The number of benzene rings is 1. The molecular weight excluding hydrogens is 495 g/mol. The fraction of sp³-hybridized carbons (Fsp3) is 0.381. The van der Waals surface area contributed by atoms with Crippen LogP contribution in [-0.4, -0.2) is 33.8 Å². The maximum Gasteiger partial charge on any atom is 0.191 e. The van der Waals surface area contributed by atoms with Crippen LogP contribution in [0.1, 0.15) is 29.7 Å². The van der Waals surface area contributed by atoms with Gasteiger partial charge in [-0.25, -0.2) is 9.98 Å². The van der Waals surface area contributed by atoms with E-state index in [9.17, 15) is 0 Å². The standard InChI is InChI=1S/C21H28N6S.HI/c1-4-22-21(23-11-8-12-27-17(3)13-16(2)26-27)24-14-20-25-19(15-28-20)18-9-6-5-7-10-18;/h5-7,9-10,13,15H,4,8,11-12,14H2,1-3H3,(H2,22,23,24);1H. The molecule has 0 aliphatic heterocycles. The van der Waals surface area contributed by atoms with Crippen LogP contribution in [0.2, 0.25) is 0 Å². The third kappa shape index (κ3) is 7.11. The molecule has 0 fully saturated rings. The Bertz CT molecular complexity index is 903. The zero-order chi connectivity index (χ0) is 19.8. The van der Waals surface area contributed by atoms with E-state index in [0.29, 0.717) is 6.54 Å². The maximum atomic E-state index is 4.71. The molecule has 0 saturated carbocycles. The molecule has 8 heteroatoms. The minimum absolute atomic E-state index is 0. The molecule has 0 saturated heterocycles. The van der Waals surface area contributed by atoms with Gasteiger partial charge in [-0.3, -0.25) is 4.68 Å². The van der Waals surface area contributed by atoms with Gasteiger partial charge in [0.05, 0.1) is 17.9 Å². The molecule has 0 aliphatic carbocycles. The lowest BCUT2D eigenvalue weighted by molar-refractivity contribution is 0.555. The number of aromatic nitrogens is 3. The minimum atomic E-state index is 0. The van der Waals surface area contributed by atoms with E-state index in [0.717, 1.165) is 54.0 Å². The average Bonchev–Trinajstić information content (AvgIpc) is 3.30. The van der Waals surface area contributed by atoms with Crippen LogP contribution in [0.25, 0.3) is 11.3 Å². The number of aliphatic imine (C=N–C) groups is 1. The van der Waals surface area contributed by atoms with E-state index < -0.39 is 0 Å². The first-order valence-electron chi connectivity index (χ1n) is 9.68. The van der Waals surface area contributed by atoms with Crippen molar-refractivity contribution in [3.8, 4) is 11.3 Å². The van der Waals surface area contributed by atoms with E-state index in [1.807, 2.05) is 25.1 Å². The molecule has 0 bridgehead atoms. The Labute approximate surface area is 193 Å². The number of guanidine groups is 1. The van der Waals surface area contributed by atoms with Gasteiger partial charge in [0.1, 0.15) is 5.01 Å². The highest BCUT2D eigenvalue weighted by molar-refractivity contribution is 14.0. The highest BCUT2D eigenvalue weighted by Crippen LogP contribution is 2.21. The molecule has 29 heavy (non-hydrogen) atoms. The lowest BCUT2D eigenvalue weighted by atomic mass is 10.2. The van der Waals surface area contributed by atoms with Crippen LogP contribution in [0.15, 0.2) is 46.8 Å². The van der Waals surface area contributed by atoms with Gasteiger partial charge in [0.25, 0.3) is 0 Å². The summed E-state index contributed by atoms with van der Waals surface area (Å²) in [6, 6.07) is 12.4. The van der Waals surface area contributed by atoms with Crippen LogP contribution >= 0.6 is 35.3 Å². The summed E-state index contributed by atoms with van der Waals surface area (Å²) in [4.78, 5) is 9.38. The molecule has 2 N–H and O–H groups in total. The van der Waals surface area contributed by atoms with Crippen molar-refractivity contribution in [1.82, 2.24) is 25.4 Å².